The van der Waals surface area contributed by atoms with Gasteiger partial charge < -0.3 is 4.74 Å². The molecule has 0 spiro atoms. The fourth-order valence-electron chi connectivity index (χ4n) is 1.87. The largest absolute Gasteiger partial charge is 0.497 e. The summed E-state index contributed by atoms with van der Waals surface area (Å²) in [7, 11) is 1.49. The van der Waals surface area contributed by atoms with E-state index in [0.717, 1.165) is 5.56 Å². The van der Waals surface area contributed by atoms with Gasteiger partial charge in [-0.2, -0.15) is 0 Å². The van der Waals surface area contributed by atoms with Crippen LogP contribution in [-0.2, 0) is 6.42 Å². The van der Waals surface area contributed by atoms with Gasteiger partial charge in [-0.15, -0.1) is 0 Å². The lowest BCUT2D eigenvalue weighted by Gasteiger charge is -2.12. The third-order valence-corrected chi connectivity index (χ3v) is 3.67. The van der Waals surface area contributed by atoms with E-state index in [-0.39, 0.29) is 16.5 Å². The molecule has 0 amide bonds. The fourth-order valence-corrected chi connectivity index (χ4v) is 2.61. The summed E-state index contributed by atoms with van der Waals surface area (Å²) in [4.78, 5) is -0.208. The van der Waals surface area contributed by atoms with Crippen molar-refractivity contribution < 1.29 is 13.5 Å². The topological polar surface area (TPSA) is 9.23 Å². The molecule has 4 heteroatoms. The normalized spacial score (nSPS) is 12.2. The summed E-state index contributed by atoms with van der Waals surface area (Å²) in [5, 5.41) is 0. The molecule has 0 aromatic heterocycles. The second-order valence-electron chi connectivity index (χ2n) is 4.19. The molecule has 0 aliphatic rings. The van der Waals surface area contributed by atoms with Gasteiger partial charge in [-0.05, 0) is 30.2 Å². The Morgan fingerprint density at radius 2 is 1.95 bits per heavy atom. The smallest absolute Gasteiger partial charge is 0.131 e. The first kappa shape index (κ1) is 14.0. The minimum absolute atomic E-state index is 0.208. The molecule has 1 atom stereocenters. The zero-order valence-corrected chi connectivity index (χ0v) is 12.0. The first-order valence-corrected chi connectivity index (χ1v) is 6.73. The van der Waals surface area contributed by atoms with Crippen molar-refractivity contribution in [2.45, 2.75) is 11.2 Å². The summed E-state index contributed by atoms with van der Waals surface area (Å²) in [5.41, 5.74) is 1.35. The van der Waals surface area contributed by atoms with E-state index in [1.165, 1.54) is 25.3 Å². The molecule has 0 fully saturated rings. The summed E-state index contributed by atoms with van der Waals surface area (Å²) in [6.07, 6.45) is 0.515. The summed E-state index contributed by atoms with van der Waals surface area (Å²) in [5.74, 6) is -0.142. The highest BCUT2D eigenvalue weighted by Crippen LogP contribution is 2.31. The second kappa shape index (κ2) is 6.15. The molecule has 0 saturated heterocycles. The third kappa shape index (κ3) is 3.53. The zero-order valence-electron chi connectivity index (χ0n) is 10.4. The van der Waals surface area contributed by atoms with Crippen LogP contribution in [0.5, 0.6) is 5.75 Å². The molecule has 0 saturated carbocycles. The van der Waals surface area contributed by atoms with Crippen molar-refractivity contribution in [1.82, 2.24) is 0 Å². The molecule has 0 bridgehead atoms. The quantitative estimate of drug-likeness (QED) is 0.743. The van der Waals surface area contributed by atoms with E-state index in [1.807, 2.05) is 6.07 Å². The first-order valence-electron chi connectivity index (χ1n) is 5.82. The molecule has 1 nitrogen and oxygen atoms in total. The Labute approximate surface area is 119 Å². The maximum absolute atomic E-state index is 13.9. The highest BCUT2D eigenvalue weighted by molar-refractivity contribution is 9.09. The number of methoxy groups -OCH3 is 1. The molecule has 19 heavy (non-hydrogen) atoms. The van der Waals surface area contributed by atoms with Crippen molar-refractivity contribution in [2.75, 3.05) is 7.11 Å². The van der Waals surface area contributed by atoms with Crippen LogP contribution in [0.25, 0.3) is 0 Å². The van der Waals surface area contributed by atoms with Gasteiger partial charge in [0.05, 0.1) is 7.11 Å². The minimum atomic E-state index is -0.336. The number of halogens is 3. The van der Waals surface area contributed by atoms with Crippen molar-refractivity contribution in [3.63, 3.8) is 0 Å². The fraction of sp³-hybridized carbons (Fsp3) is 0.200. The van der Waals surface area contributed by atoms with E-state index in [9.17, 15) is 8.78 Å². The maximum Gasteiger partial charge on any atom is 0.131 e. The van der Waals surface area contributed by atoms with E-state index in [4.69, 9.17) is 4.74 Å². The van der Waals surface area contributed by atoms with Gasteiger partial charge >= 0.3 is 0 Å². The Balaban J connectivity index is 2.18. The molecular weight excluding hydrogens is 314 g/mol. The van der Waals surface area contributed by atoms with E-state index >= 15 is 0 Å². The number of benzene rings is 2. The molecule has 2 rings (SSSR count). The average molecular weight is 327 g/mol. The van der Waals surface area contributed by atoms with Crippen LogP contribution in [0.1, 0.15) is 16.0 Å². The number of alkyl halides is 1. The van der Waals surface area contributed by atoms with Crippen LogP contribution in [0, 0.1) is 11.6 Å². The number of rotatable bonds is 4. The molecule has 0 N–H and O–H groups in total. The van der Waals surface area contributed by atoms with E-state index in [1.54, 1.807) is 18.2 Å². The first-order chi connectivity index (χ1) is 9.10. The average Bonchev–Trinajstić information content (AvgIpc) is 2.38. The van der Waals surface area contributed by atoms with Crippen molar-refractivity contribution in [1.29, 1.82) is 0 Å². The van der Waals surface area contributed by atoms with Crippen LogP contribution in [0.3, 0.4) is 0 Å². The Morgan fingerprint density at radius 3 is 2.58 bits per heavy atom. The Bertz CT molecular complexity index is 572. The van der Waals surface area contributed by atoms with Crippen LogP contribution in [0.4, 0.5) is 8.78 Å². The zero-order chi connectivity index (χ0) is 13.8. The highest BCUT2D eigenvalue weighted by Gasteiger charge is 2.14. The lowest BCUT2D eigenvalue weighted by atomic mass is 10.0. The number of ether oxygens (including phenoxy) is 1. The van der Waals surface area contributed by atoms with Crippen LogP contribution in [0.2, 0.25) is 0 Å². The second-order valence-corrected chi connectivity index (χ2v) is 5.29. The lowest BCUT2D eigenvalue weighted by molar-refractivity contribution is 0.410. The molecular formula is C15H13BrF2O. The Hall–Kier alpha value is -1.42. The summed E-state index contributed by atoms with van der Waals surface area (Å²) in [6, 6.07) is 11.0. The SMILES string of the molecule is COc1ccc(C(Br)Cc2cccc(F)c2)c(F)c1. The molecule has 0 heterocycles. The van der Waals surface area contributed by atoms with Crippen LogP contribution in [0.15, 0.2) is 42.5 Å². The molecule has 0 radical (unpaired) electrons. The standard InChI is InChI=1S/C15H13BrF2O/c1-19-12-5-6-13(15(18)9-12)14(16)8-10-3-2-4-11(17)7-10/h2-7,9,14H,8H2,1H3. The molecule has 1 unspecified atom stereocenters. The van der Waals surface area contributed by atoms with Gasteiger partial charge in [0.2, 0.25) is 0 Å². The number of hydrogen-bond donors (Lipinski definition) is 0. The van der Waals surface area contributed by atoms with Crippen LogP contribution >= 0.6 is 15.9 Å². The van der Waals surface area contributed by atoms with Crippen molar-refractivity contribution in [3.8, 4) is 5.75 Å². The van der Waals surface area contributed by atoms with Gasteiger partial charge in [-0.25, -0.2) is 8.78 Å². The van der Waals surface area contributed by atoms with E-state index < -0.39 is 0 Å². The van der Waals surface area contributed by atoms with Crippen LogP contribution < -0.4 is 4.74 Å². The van der Waals surface area contributed by atoms with Gasteiger partial charge in [-0.1, -0.05) is 34.1 Å². The van der Waals surface area contributed by atoms with Crippen molar-refractivity contribution >= 4 is 15.9 Å². The predicted octanol–water partition coefficient (Wildman–Crippen LogP) is 4.65. The molecule has 0 aliphatic carbocycles. The van der Waals surface area contributed by atoms with E-state index in [0.29, 0.717) is 17.7 Å². The number of hydrogen-bond acceptors (Lipinski definition) is 1. The van der Waals surface area contributed by atoms with Gasteiger partial charge in [-0.3, -0.25) is 0 Å². The maximum atomic E-state index is 13.9. The third-order valence-electron chi connectivity index (χ3n) is 2.85. The summed E-state index contributed by atoms with van der Waals surface area (Å²) < 4.78 is 31.9. The van der Waals surface area contributed by atoms with Crippen molar-refractivity contribution in [3.05, 3.63) is 65.2 Å². The Morgan fingerprint density at radius 1 is 1.16 bits per heavy atom. The lowest BCUT2D eigenvalue weighted by Crippen LogP contribution is -1.99. The monoisotopic (exact) mass is 326 g/mol. The molecule has 100 valence electrons. The van der Waals surface area contributed by atoms with Gasteiger partial charge in [0.1, 0.15) is 17.4 Å². The summed E-state index contributed by atoms with van der Waals surface area (Å²) >= 11 is 3.44. The van der Waals surface area contributed by atoms with Crippen LogP contribution in [-0.4, -0.2) is 7.11 Å². The van der Waals surface area contributed by atoms with E-state index in [2.05, 4.69) is 15.9 Å². The van der Waals surface area contributed by atoms with Gasteiger partial charge in [0, 0.05) is 16.5 Å². The Kier molecular flexibility index (Phi) is 4.53. The molecule has 0 aliphatic heterocycles. The molecule has 2 aromatic carbocycles. The predicted molar refractivity (Wildman–Crippen MR) is 74.7 cm³/mol. The minimum Gasteiger partial charge on any atom is -0.497 e. The van der Waals surface area contributed by atoms with Gasteiger partial charge in [0.15, 0.2) is 0 Å². The molecule has 2 aromatic rings. The van der Waals surface area contributed by atoms with Gasteiger partial charge in [0.25, 0.3) is 0 Å². The highest BCUT2D eigenvalue weighted by atomic mass is 79.9. The van der Waals surface area contributed by atoms with Crippen molar-refractivity contribution in [2.24, 2.45) is 0 Å². The summed E-state index contributed by atoms with van der Waals surface area (Å²) in [6.45, 7) is 0.